The Morgan fingerprint density at radius 2 is 2.04 bits per heavy atom. The van der Waals surface area contributed by atoms with Gasteiger partial charge in [0.25, 0.3) is 10.0 Å². The summed E-state index contributed by atoms with van der Waals surface area (Å²) >= 11 is 0. The summed E-state index contributed by atoms with van der Waals surface area (Å²) in [5.41, 5.74) is 0.586. The Hall–Kier alpha value is -2.26. The molecular formula is C16H21N5O3S. The molecular weight excluding hydrogens is 342 g/mol. The van der Waals surface area contributed by atoms with Gasteiger partial charge < -0.3 is 9.84 Å². The van der Waals surface area contributed by atoms with Crippen molar-refractivity contribution in [3.05, 3.63) is 41.5 Å². The third kappa shape index (κ3) is 3.88. The molecule has 0 spiro atoms. The van der Waals surface area contributed by atoms with Gasteiger partial charge in [0.15, 0.2) is 5.82 Å². The highest BCUT2D eigenvalue weighted by Crippen LogP contribution is 2.22. The summed E-state index contributed by atoms with van der Waals surface area (Å²) in [4.78, 5) is 9.09. The second-order valence-electron chi connectivity index (χ2n) is 6.13. The van der Waals surface area contributed by atoms with Crippen LogP contribution in [0.25, 0.3) is 0 Å². The first-order valence-corrected chi connectivity index (χ1v) is 9.56. The molecule has 2 unspecified atom stereocenters. The first-order chi connectivity index (χ1) is 11.9. The van der Waals surface area contributed by atoms with E-state index in [0.717, 1.165) is 0 Å². The number of benzene rings is 1. The SMILES string of the molecule is CNC(C)Cc1noc(CC(C)N=C2NS(=O)(=O)c3ccccc32)n1. The molecule has 2 N–H and O–H groups in total. The Bertz CT molecular complexity index is 891. The van der Waals surface area contributed by atoms with Gasteiger partial charge in [0, 0.05) is 24.4 Å². The van der Waals surface area contributed by atoms with E-state index in [1.54, 1.807) is 24.3 Å². The molecule has 1 aliphatic rings. The van der Waals surface area contributed by atoms with Crippen molar-refractivity contribution in [3.8, 4) is 0 Å². The van der Waals surface area contributed by atoms with Gasteiger partial charge in [-0.3, -0.25) is 9.71 Å². The lowest BCUT2D eigenvalue weighted by Gasteiger charge is -2.05. The number of aliphatic imine (C=N–C) groups is 1. The van der Waals surface area contributed by atoms with Gasteiger partial charge in [-0.05, 0) is 33.0 Å². The standard InChI is InChI=1S/C16H21N5O3S/c1-10(17-3)8-14-19-15(24-20-14)9-11(2)18-16-12-6-4-5-7-13(12)25(22,23)21-16/h4-7,10-11,17H,8-9H2,1-3H3,(H,18,21). The average Bonchev–Trinajstić information content (AvgIpc) is 3.10. The lowest BCUT2D eigenvalue weighted by Crippen LogP contribution is -2.24. The van der Waals surface area contributed by atoms with E-state index in [2.05, 4.69) is 25.2 Å². The zero-order valence-corrected chi connectivity index (χ0v) is 15.2. The third-order valence-electron chi connectivity index (χ3n) is 3.97. The average molecular weight is 363 g/mol. The molecule has 2 atom stereocenters. The highest BCUT2D eigenvalue weighted by molar-refractivity contribution is 7.90. The van der Waals surface area contributed by atoms with Crippen LogP contribution in [-0.2, 0) is 22.9 Å². The summed E-state index contributed by atoms with van der Waals surface area (Å²) in [5, 5.41) is 7.08. The Balaban J connectivity index is 1.73. The number of sulfonamides is 1. The quantitative estimate of drug-likeness (QED) is 0.789. The summed E-state index contributed by atoms with van der Waals surface area (Å²) in [6.07, 6.45) is 1.12. The third-order valence-corrected chi connectivity index (χ3v) is 5.37. The summed E-state index contributed by atoms with van der Waals surface area (Å²) in [6.45, 7) is 3.91. The fourth-order valence-corrected chi connectivity index (χ4v) is 3.82. The van der Waals surface area contributed by atoms with E-state index in [9.17, 15) is 8.42 Å². The van der Waals surface area contributed by atoms with Gasteiger partial charge >= 0.3 is 0 Å². The van der Waals surface area contributed by atoms with Crippen LogP contribution in [0.4, 0.5) is 0 Å². The van der Waals surface area contributed by atoms with E-state index in [-0.39, 0.29) is 17.0 Å². The molecule has 8 nitrogen and oxygen atoms in total. The molecule has 2 heterocycles. The molecule has 9 heteroatoms. The number of aromatic nitrogens is 2. The molecule has 1 aromatic carbocycles. The van der Waals surface area contributed by atoms with Crippen molar-refractivity contribution in [3.63, 3.8) is 0 Å². The van der Waals surface area contributed by atoms with Crippen LogP contribution >= 0.6 is 0 Å². The van der Waals surface area contributed by atoms with Gasteiger partial charge in [-0.25, -0.2) is 8.42 Å². The van der Waals surface area contributed by atoms with Crippen LogP contribution in [0.3, 0.4) is 0 Å². The number of fused-ring (bicyclic) bond motifs is 1. The molecule has 3 rings (SSSR count). The highest BCUT2D eigenvalue weighted by atomic mass is 32.2. The van der Waals surface area contributed by atoms with Crippen LogP contribution < -0.4 is 10.0 Å². The summed E-state index contributed by atoms with van der Waals surface area (Å²) in [6, 6.07) is 6.83. The Morgan fingerprint density at radius 3 is 2.80 bits per heavy atom. The molecule has 0 saturated carbocycles. The van der Waals surface area contributed by atoms with Crippen molar-refractivity contribution in [2.24, 2.45) is 4.99 Å². The smallest absolute Gasteiger partial charge is 0.263 e. The molecule has 0 amide bonds. The van der Waals surface area contributed by atoms with Gasteiger partial charge in [0.2, 0.25) is 5.89 Å². The van der Waals surface area contributed by atoms with Crippen molar-refractivity contribution in [2.75, 3.05) is 7.05 Å². The second kappa shape index (κ2) is 6.93. The van der Waals surface area contributed by atoms with E-state index >= 15 is 0 Å². The predicted molar refractivity (Wildman–Crippen MR) is 93.0 cm³/mol. The molecule has 25 heavy (non-hydrogen) atoms. The van der Waals surface area contributed by atoms with Gasteiger partial charge in [0.1, 0.15) is 5.84 Å². The topological polar surface area (TPSA) is 109 Å². The molecule has 1 aromatic heterocycles. The minimum atomic E-state index is -3.52. The van der Waals surface area contributed by atoms with Gasteiger partial charge in [-0.15, -0.1) is 0 Å². The molecule has 1 aliphatic heterocycles. The van der Waals surface area contributed by atoms with E-state index in [1.807, 2.05) is 20.9 Å². The Morgan fingerprint density at radius 1 is 1.28 bits per heavy atom. The normalized spacial score (nSPS) is 19.4. The number of rotatable bonds is 6. The molecule has 2 aromatic rings. The first kappa shape index (κ1) is 17.6. The van der Waals surface area contributed by atoms with Crippen molar-refractivity contribution < 1.29 is 12.9 Å². The maximum Gasteiger partial charge on any atom is 0.263 e. The largest absolute Gasteiger partial charge is 0.339 e. The highest BCUT2D eigenvalue weighted by Gasteiger charge is 2.30. The number of hydrogen-bond donors (Lipinski definition) is 2. The van der Waals surface area contributed by atoms with Gasteiger partial charge in [-0.1, -0.05) is 17.3 Å². The van der Waals surface area contributed by atoms with Crippen LogP contribution in [0.5, 0.6) is 0 Å². The molecule has 0 saturated heterocycles. The number of hydrogen-bond acceptors (Lipinski definition) is 7. The van der Waals surface area contributed by atoms with Crippen molar-refractivity contribution >= 4 is 15.9 Å². The lowest BCUT2D eigenvalue weighted by molar-refractivity contribution is 0.365. The molecule has 0 aliphatic carbocycles. The minimum absolute atomic E-state index is 0.209. The fourth-order valence-electron chi connectivity index (χ4n) is 2.58. The Labute approximate surface area is 146 Å². The minimum Gasteiger partial charge on any atom is -0.339 e. The van der Waals surface area contributed by atoms with Gasteiger partial charge in [0.05, 0.1) is 10.9 Å². The number of amidine groups is 1. The van der Waals surface area contributed by atoms with E-state index in [4.69, 9.17) is 4.52 Å². The van der Waals surface area contributed by atoms with Crippen LogP contribution in [0.15, 0.2) is 38.7 Å². The van der Waals surface area contributed by atoms with Crippen molar-refractivity contribution in [1.29, 1.82) is 0 Å². The number of nitrogens with one attached hydrogen (secondary N) is 2. The van der Waals surface area contributed by atoms with Crippen molar-refractivity contribution in [1.82, 2.24) is 20.2 Å². The maximum atomic E-state index is 12.1. The van der Waals surface area contributed by atoms with E-state index in [0.29, 0.717) is 36.0 Å². The molecule has 0 radical (unpaired) electrons. The molecule has 0 bridgehead atoms. The zero-order chi connectivity index (χ0) is 18.0. The monoisotopic (exact) mass is 363 g/mol. The molecule has 0 fully saturated rings. The maximum absolute atomic E-state index is 12.1. The van der Waals surface area contributed by atoms with Crippen LogP contribution in [0, 0.1) is 0 Å². The lowest BCUT2D eigenvalue weighted by atomic mass is 10.2. The number of likely N-dealkylation sites (N-methyl/N-ethyl adjacent to an activating group) is 1. The van der Waals surface area contributed by atoms with E-state index < -0.39 is 10.0 Å². The predicted octanol–water partition coefficient (Wildman–Crippen LogP) is 0.890. The first-order valence-electron chi connectivity index (χ1n) is 8.08. The summed E-state index contributed by atoms with van der Waals surface area (Å²) in [7, 11) is -1.65. The molecule has 134 valence electrons. The van der Waals surface area contributed by atoms with Gasteiger partial charge in [-0.2, -0.15) is 4.98 Å². The van der Waals surface area contributed by atoms with Crippen LogP contribution in [0.1, 0.15) is 31.1 Å². The number of nitrogens with zero attached hydrogens (tertiary/aromatic N) is 3. The summed E-state index contributed by atoms with van der Waals surface area (Å²) < 4.78 is 32.0. The van der Waals surface area contributed by atoms with Crippen molar-refractivity contribution in [2.45, 2.75) is 43.7 Å². The summed E-state index contributed by atoms with van der Waals surface area (Å²) in [5.74, 6) is 1.49. The van der Waals surface area contributed by atoms with Crippen LogP contribution in [0.2, 0.25) is 0 Å². The zero-order valence-electron chi connectivity index (χ0n) is 14.4. The van der Waals surface area contributed by atoms with Crippen LogP contribution in [-0.4, -0.2) is 43.5 Å². The second-order valence-corrected chi connectivity index (χ2v) is 7.78. The fraction of sp³-hybridized carbons (Fsp3) is 0.438. The Kier molecular flexibility index (Phi) is 4.87. The van der Waals surface area contributed by atoms with E-state index in [1.165, 1.54) is 0 Å².